The van der Waals surface area contributed by atoms with Gasteiger partial charge >= 0.3 is 6.18 Å². The van der Waals surface area contributed by atoms with Gasteiger partial charge in [-0.3, -0.25) is 14.3 Å². The van der Waals surface area contributed by atoms with Crippen LogP contribution in [0.15, 0.2) is 35.5 Å². The molecule has 1 fully saturated rings. The molecule has 4 rings (SSSR count). The normalized spacial score (nSPS) is 15.7. The van der Waals surface area contributed by atoms with Gasteiger partial charge in [0.15, 0.2) is 5.82 Å². The SMILES string of the molecule is C[C@@H](CO)n1cnc2c(N3CCCC3)nc(-c3ccc(C(F)(F)F)nc3)cc2c1=O. The minimum absolute atomic E-state index is 0.229. The summed E-state index contributed by atoms with van der Waals surface area (Å²) in [5.41, 5.74) is -0.181. The lowest BCUT2D eigenvalue weighted by Gasteiger charge is -2.20. The molecule has 3 aromatic rings. The number of alkyl halides is 3. The van der Waals surface area contributed by atoms with Gasteiger partial charge in [-0.2, -0.15) is 13.2 Å². The summed E-state index contributed by atoms with van der Waals surface area (Å²) in [6, 6.07) is 3.25. The third kappa shape index (κ3) is 3.62. The molecule has 30 heavy (non-hydrogen) atoms. The molecule has 158 valence electrons. The van der Waals surface area contributed by atoms with Crippen LogP contribution in [0.5, 0.6) is 0 Å². The molecule has 10 heteroatoms. The van der Waals surface area contributed by atoms with Crippen LogP contribution in [0.4, 0.5) is 19.0 Å². The second-order valence-corrected chi connectivity index (χ2v) is 7.34. The zero-order chi connectivity index (χ0) is 21.5. The van der Waals surface area contributed by atoms with E-state index in [1.807, 2.05) is 4.90 Å². The van der Waals surface area contributed by atoms with E-state index in [0.29, 0.717) is 28.0 Å². The van der Waals surface area contributed by atoms with Crippen LogP contribution >= 0.6 is 0 Å². The second-order valence-electron chi connectivity index (χ2n) is 7.34. The lowest BCUT2D eigenvalue weighted by Crippen LogP contribution is -2.27. The van der Waals surface area contributed by atoms with Crippen LogP contribution in [-0.2, 0) is 6.18 Å². The van der Waals surface area contributed by atoms with Crippen molar-refractivity contribution in [3.05, 3.63) is 46.8 Å². The lowest BCUT2D eigenvalue weighted by atomic mass is 10.1. The Kier molecular flexibility index (Phi) is 5.19. The van der Waals surface area contributed by atoms with Crippen molar-refractivity contribution in [3.8, 4) is 11.3 Å². The molecule has 0 spiro atoms. The molecule has 0 aromatic carbocycles. The summed E-state index contributed by atoms with van der Waals surface area (Å²) in [4.78, 5) is 27.6. The molecule has 0 saturated carbocycles. The van der Waals surface area contributed by atoms with E-state index >= 15 is 0 Å². The number of anilines is 1. The molecule has 1 N–H and O–H groups in total. The number of aliphatic hydroxyl groups is 1. The summed E-state index contributed by atoms with van der Waals surface area (Å²) in [7, 11) is 0. The first-order valence-electron chi connectivity index (χ1n) is 9.61. The van der Waals surface area contributed by atoms with E-state index < -0.39 is 17.9 Å². The van der Waals surface area contributed by atoms with Crippen molar-refractivity contribution in [2.45, 2.75) is 32.0 Å². The van der Waals surface area contributed by atoms with Crippen LogP contribution in [0.3, 0.4) is 0 Å². The molecule has 3 aromatic heterocycles. The Labute approximate surface area is 169 Å². The van der Waals surface area contributed by atoms with Crippen molar-refractivity contribution in [2.24, 2.45) is 0 Å². The highest BCUT2D eigenvalue weighted by Crippen LogP contribution is 2.31. The van der Waals surface area contributed by atoms with Gasteiger partial charge in [0.05, 0.1) is 30.1 Å². The van der Waals surface area contributed by atoms with Crippen molar-refractivity contribution in [1.82, 2.24) is 19.5 Å². The Bertz CT molecular complexity index is 1120. The molecule has 1 atom stereocenters. The second kappa shape index (κ2) is 7.67. The van der Waals surface area contributed by atoms with Crippen LogP contribution in [0.25, 0.3) is 22.2 Å². The fourth-order valence-electron chi connectivity index (χ4n) is 3.54. The first-order valence-corrected chi connectivity index (χ1v) is 9.61. The molecule has 0 bridgehead atoms. The van der Waals surface area contributed by atoms with Crippen LogP contribution in [0, 0.1) is 0 Å². The highest BCUT2D eigenvalue weighted by Gasteiger charge is 2.32. The molecule has 1 saturated heterocycles. The van der Waals surface area contributed by atoms with Crippen molar-refractivity contribution in [2.75, 3.05) is 24.6 Å². The third-order valence-electron chi connectivity index (χ3n) is 5.24. The number of hydrogen-bond acceptors (Lipinski definition) is 6. The molecule has 0 amide bonds. The Hall–Kier alpha value is -3.01. The topological polar surface area (TPSA) is 84.1 Å². The highest BCUT2D eigenvalue weighted by molar-refractivity contribution is 5.91. The average molecular weight is 419 g/mol. The number of nitrogens with zero attached hydrogens (tertiary/aromatic N) is 5. The number of hydrogen-bond donors (Lipinski definition) is 1. The third-order valence-corrected chi connectivity index (χ3v) is 5.24. The Balaban J connectivity index is 1.91. The quantitative estimate of drug-likeness (QED) is 0.700. The van der Waals surface area contributed by atoms with Crippen molar-refractivity contribution >= 4 is 16.7 Å². The maximum atomic E-state index is 13.1. The van der Waals surface area contributed by atoms with Crippen LogP contribution in [0.2, 0.25) is 0 Å². The number of fused-ring (bicyclic) bond motifs is 1. The van der Waals surface area contributed by atoms with E-state index in [1.54, 1.807) is 6.92 Å². The summed E-state index contributed by atoms with van der Waals surface area (Å²) >= 11 is 0. The summed E-state index contributed by atoms with van der Waals surface area (Å²) in [5.74, 6) is 0.529. The lowest BCUT2D eigenvalue weighted by molar-refractivity contribution is -0.141. The maximum absolute atomic E-state index is 13.1. The fraction of sp³-hybridized carbons (Fsp3) is 0.400. The van der Waals surface area contributed by atoms with E-state index in [2.05, 4.69) is 15.0 Å². The van der Waals surface area contributed by atoms with Gasteiger partial charge in [0.25, 0.3) is 5.56 Å². The minimum atomic E-state index is -4.53. The fourth-order valence-corrected chi connectivity index (χ4v) is 3.54. The number of pyridine rings is 2. The molecule has 1 aliphatic rings. The van der Waals surface area contributed by atoms with Crippen LogP contribution in [-0.4, -0.2) is 44.3 Å². The molecule has 4 heterocycles. The van der Waals surface area contributed by atoms with Gasteiger partial charge in [-0.15, -0.1) is 0 Å². The standard InChI is InChI=1S/C20H20F3N5O2/c1-12(10-29)28-11-25-17-14(19(28)30)8-15(26-18(17)27-6-2-3-7-27)13-4-5-16(24-9-13)20(21,22)23/h4-5,8-9,11-12,29H,2-3,6-7,10H2,1H3/t12-/m0/s1. The minimum Gasteiger partial charge on any atom is -0.394 e. The van der Waals surface area contributed by atoms with Gasteiger partial charge in [0.2, 0.25) is 0 Å². The van der Waals surface area contributed by atoms with Gasteiger partial charge < -0.3 is 10.0 Å². The van der Waals surface area contributed by atoms with E-state index in [4.69, 9.17) is 0 Å². The van der Waals surface area contributed by atoms with Gasteiger partial charge in [0.1, 0.15) is 11.2 Å². The van der Waals surface area contributed by atoms with E-state index in [9.17, 15) is 23.1 Å². The van der Waals surface area contributed by atoms with Crippen molar-refractivity contribution < 1.29 is 18.3 Å². The highest BCUT2D eigenvalue weighted by atomic mass is 19.4. The van der Waals surface area contributed by atoms with E-state index in [1.165, 1.54) is 23.0 Å². The Morgan fingerprint density at radius 2 is 1.93 bits per heavy atom. The van der Waals surface area contributed by atoms with Crippen molar-refractivity contribution in [1.29, 1.82) is 0 Å². The molecular weight excluding hydrogens is 399 g/mol. The smallest absolute Gasteiger partial charge is 0.394 e. The predicted octanol–water partition coefficient (Wildman–Crippen LogP) is 3.03. The molecule has 7 nitrogen and oxygen atoms in total. The zero-order valence-electron chi connectivity index (χ0n) is 16.2. The molecular formula is C20H20F3N5O2. The summed E-state index contributed by atoms with van der Waals surface area (Å²) in [6.07, 6.45) is -0.0714. The molecule has 0 unspecified atom stereocenters. The van der Waals surface area contributed by atoms with Crippen molar-refractivity contribution in [3.63, 3.8) is 0 Å². The van der Waals surface area contributed by atoms with Crippen LogP contribution < -0.4 is 10.5 Å². The van der Waals surface area contributed by atoms with Gasteiger partial charge in [-0.1, -0.05) is 0 Å². The number of aromatic nitrogens is 4. The Morgan fingerprint density at radius 1 is 1.20 bits per heavy atom. The zero-order valence-corrected chi connectivity index (χ0v) is 16.2. The maximum Gasteiger partial charge on any atom is 0.433 e. The van der Waals surface area contributed by atoms with Gasteiger partial charge in [0, 0.05) is 24.8 Å². The van der Waals surface area contributed by atoms with Gasteiger partial charge in [-0.05, 0) is 38.0 Å². The van der Waals surface area contributed by atoms with E-state index in [0.717, 1.165) is 38.2 Å². The predicted molar refractivity (Wildman–Crippen MR) is 105 cm³/mol. The number of rotatable bonds is 4. The molecule has 0 radical (unpaired) electrons. The Morgan fingerprint density at radius 3 is 2.53 bits per heavy atom. The first-order chi connectivity index (χ1) is 14.3. The van der Waals surface area contributed by atoms with Crippen LogP contribution in [0.1, 0.15) is 31.5 Å². The average Bonchev–Trinajstić information content (AvgIpc) is 3.27. The van der Waals surface area contributed by atoms with E-state index in [-0.39, 0.29) is 12.2 Å². The largest absolute Gasteiger partial charge is 0.433 e. The first kappa shape index (κ1) is 20.3. The number of halogens is 3. The summed E-state index contributed by atoms with van der Waals surface area (Å²) in [5, 5.41) is 9.72. The van der Waals surface area contributed by atoms with Gasteiger partial charge in [-0.25, -0.2) is 9.97 Å². The number of aliphatic hydroxyl groups excluding tert-OH is 1. The summed E-state index contributed by atoms with van der Waals surface area (Å²) < 4.78 is 39.9. The monoisotopic (exact) mass is 419 g/mol. The molecule has 0 aliphatic carbocycles. The summed E-state index contributed by atoms with van der Waals surface area (Å²) in [6.45, 7) is 2.98. The molecule has 1 aliphatic heterocycles.